The molecule has 1 aliphatic rings. The van der Waals surface area contributed by atoms with Crippen molar-refractivity contribution in [2.45, 2.75) is 32.4 Å². The van der Waals surface area contributed by atoms with Gasteiger partial charge in [0.1, 0.15) is 11.6 Å². The molecule has 1 aliphatic heterocycles. The molecule has 0 bridgehead atoms. The highest BCUT2D eigenvalue weighted by molar-refractivity contribution is 5.40. The summed E-state index contributed by atoms with van der Waals surface area (Å²) in [5.41, 5.74) is 2.46. The number of rotatable bonds is 5. The van der Waals surface area contributed by atoms with Crippen LogP contribution in [0.1, 0.15) is 30.8 Å². The molecule has 0 saturated carbocycles. The van der Waals surface area contributed by atoms with Crippen molar-refractivity contribution >= 4 is 5.82 Å². The second kappa shape index (κ2) is 7.30. The molecular weight excluding hydrogens is 322 g/mol. The molecule has 0 radical (unpaired) electrons. The molecule has 2 aromatic heterocycles. The zero-order chi connectivity index (χ0) is 17.9. The van der Waals surface area contributed by atoms with Gasteiger partial charge in [0.2, 0.25) is 0 Å². The second-order valence-electron chi connectivity index (χ2n) is 6.94. The Labute approximate surface area is 154 Å². The van der Waals surface area contributed by atoms with E-state index in [9.17, 15) is 0 Å². The predicted octanol–water partition coefficient (Wildman–Crippen LogP) is 3.51. The molecule has 1 saturated heterocycles. The van der Waals surface area contributed by atoms with Crippen molar-refractivity contribution in [3.8, 4) is 5.69 Å². The minimum Gasteiger partial charge on any atom is -0.355 e. The number of nitrogens with one attached hydrogen (secondary N) is 1. The van der Waals surface area contributed by atoms with Gasteiger partial charge in [-0.3, -0.25) is 0 Å². The molecule has 26 heavy (non-hydrogen) atoms. The largest absolute Gasteiger partial charge is 0.355 e. The molecule has 2 atom stereocenters. The third-order valence-electron chi connectivity index (χ3n) is 5.14. The van der Waals surface area contributed by atoms with Gasteiger partial charge in [-0.2, -0.15) is 0 Å². The third-order valence-corrected chi connectivity index (χ3v) is 5.14. The summed E-state index contributed by atoms with van der Waals surface area (Å²) in [4.78, 5) is 11.1. The van der Waals surface area contributed by atoms with Gasteiger partial charge in [0.15, 0.2) is 0 Å². The zero-order valence-corrected chi connectivity index (χ0v) is 15.3. The summed E-state index contributed by atoms with van der Waals surface area (Å²) in [6, 6.07) is 15.7. The highest BCUT2D eigenvalue weighted by Gasteiger charge is 2.24. The molecule has 0 amide bonds. The fourth-order valence-electron chi connectivity index (χ4n) is 3.67. The van der Waals surface area contributed by atoms with Gasteiger partial charge in [0.25, 0.3) is 0 Å². The number of imidazole rings is 1. The van der Waals surface area contributed by atoms with Crippen LogP contribution in [0.4, 0.5) is 5.82 Å². The Morgan fingerprint density at radius 2 is 1.92 bits per heavy atom. The molecule has 0 unspecified atom stereocenters. The number of benzene rings is 1. The normalized spacial score (nSPS) is 18.2. The van der Waals surface area contributed by atoms with Gasteiger partial charge in [0.05, 0.1) is 0 Å². The molecule has 3 aromatic rings. The molecular formula is C21H25N5. The summed E-state index contributed by atoms with van der Waals surface area (Å²) >= 11 is 0. The first-order valence-corrected chi connectivity index (χ1v) is 9.23. The molecule has 1 fully saturated rings. The van der Waals surface area contributed by atoms with Crippen molar-refractivity contribution in [3.63, 3.8) is 0 Å². The molecule has 4 rings (SSSR count). The second-order valence-corrected chi connectivity index (χ2v) is 6.94. The van der Waals surface area contributed by atoms with Crippen molar-refractivity contribution < 1.29 is 0 Å². The first kappa shape index (κ1) is 16.8. The average molecular weight is 347 g/mol. The van der Waals surface area contributed by atoms with Crippen LogP contribution in [0.3, 0.4) is 0 Å². The van der Waals surface area contributed by atoms with Crippen LogP contribution in [0.2, 0.25) is 0 Å². The van der Waals surface area contributed by atoms with Gasteiger partial charge in [-0.25, -0.2) is 9.97 Å². The van der Waals surface area contributed by atoms with E-state index in [2.05, 4.69) is 68.1 Å². The summed E-state index contributed by atoms with van der Waals surface area (Å²) in [5, 5.41) is 3.77. The van der Waals surface area contributed by atoms with Crippen LogP contribution in [-0.4, -0.2) is 33.7 Å². The van der Waals surface area contributed by atoms with Crippen LogP contribution < -0.4 is 10.2 Å². The first-order valence-electron chi connectivity index (χ1n) is 9.23. The molecule has 0 spiro atoms. The predicted molar refractivity (Wildman–Crippen MR) is 105 cm³/mol. The van der Waals surface area contributed by atoms with E-state index in [1.807, 2.05) is 31.6 Å². The lowest BCUT2D eigenvalue weighted by Crippen LogP contribution is -2.34. The summed E-state index contributed by atoms with van der Waals surface area (Å²) in [6.07, 6.45) is 6.84. The number of hydrogen-bond acceptors (Lipinski definition) is 4. The Morgan fingerprint density at radius 3 is 2.62 bits per heavy atom. The van der Waals surface area contributed by atoms with Gasteiger partial charge in [-0.15, -0.1) is 0 Å². The van der Waals surface area contributed by atoms with Crippen LogP contribution in [0, 0.1) is 6.92 Å². The zero-order valence-electron chi connectivity index (χ0n) is 15.3. The molecule has 1 N–H and O–H groups in total. The quantitative estimate of drug-likeness (QED) is 0.767. The number of pyridine rings is 1. The highest BCUT2D eigenvalue weighted by atomic mass is 15.2. The number of anilines is 1. The topological polar surface area (TPSA) is 46.0 Å². The van der Waals surface area contributed by atoms with Gasteiger partial charge < -0.3 is 14.8 Å². The van der Waals surface area contributed by atoms with Crippen molar-refractivity contribution in [1.82, 2.24) is 19.9 Å². The van der Waals surface area contributed by atoms with E-state index in [-0.39, 0.29) is 0 Å². The fraction of sp³-hybridized carbons (Fsp3) is 0.333. The average Bonchev–Trinajstić information content (AvgIpc) is 3.32. The lowest BCUT2D eigenvalue weighted by atomic mass is 10.1. The third kappa shape index (κ3) is 3.48. The van der Waals surface area contributed by atoms with E-state index in [1.54, 1.807) is 0 Å². The standard InChI is InChI=1S/C21H25N5/c1-16(18-6-8-20(9-7-18)26-14-12-22-17(26)2)24-19-10-13-25(15-19)21-5-3-4-11-23-21/h3-9,11-12,14,16,19,24H,10,13,15H2,1-2H3/t16-,19+/m1/s1. The van der Waals surface area contributed by atoms with E-state index in [0.29, 0.717) is 12.1 Å². The van der Waals surface area contributed by atoms with Crippen molar-refractivity contribution in [2.24, 2.45) is 0 Å². The van der Waals surface area contributed by atoms with E-state index >= 15 is 0 Å². The number of hydrogen-bond donors (Lipinski definition) is 1. The highest BCUT2D eigenvalue weighted by Crippen LogP contribution is 2.21. The van der Waals surface area contributed by atoms with Gasteiger partial charge in [-0.1, -0.05) is 18.2 Å². The maximum atomic E-state index is 4.46. The molecule has 134 valence electrons. The molecule has 0 aliphatic carbocycles. The Balaban J connectivity index is 1.38. The maximum absolute atomic E-state index is 4.46. The monoisotopic (exact) mass is 347 g/mol. The maximum Gasteiger partial charge on any atom is 0.128 e. The Kier molecular flexibility index (Phi) is 4.71. The van der Waals surface area contributed by atoms with E-state index in [1.165, 1.54) is 5.56 Å². The first-order chi connectivity index (χ1) is 12.7. The fourth-order valence-corrected chi connectivity index (χ4v) is 3.67. The Bertz CT molecular complexity index is 840. The molecule has 5 heteroatoms. The summed E-state index contributed by atoms with van der Waals surface area (Å²) in [6.45, 7) is 6.32. The van der Waals surface area contributed by atoms with Gasteiger partial charge >= 0.3 is 0 Å². The lowest BCUT2D eigenvalue weighted by Gasteiger charge is -2.21. The van der Waals surface area contributed by atoms with Crippen LogP contribution in [-0.2, 0) is 0 Å². The van der Waals surface area contributed by atoms with Gasteiger partial charge in [-0.05, 0) is 50.1 Å². The summed E-state index contributed by atoms with van der Waals surface area (Å²) < 4.78 is 2.10. The Hall–Kier alpha value is -2.66. The summed E-state index contributed by atoms with van der Waals surface area (Å²) in [7, 11) is 0. The van der Waals surface area contributed by atoms with Crippen LogP contribution >= 0.6 is 0 Å². The lowest BCUT2D eigenvalue weighted by molar-refractivity contribution is 0.481. The van der Waals surface area contributed by atoms with Gasteiger partial charge in [0, 0.05) is 49.5 Å². The van der Waals surface area contributed by atoms with Crippen LogP contribution in [0.15, 0.2) is 61.1 Å². The van der Waals surface area contributed by atoms with Crippen LogP contribution in [0.25, 0.3) is 5.69 Å². The SMILES string of the molecule is Cc1nccn1-c1ccc([C@@H](C)N[C@H]2CCN(c3ccccn3)C2)cc1. The molecule has 5 nitrogen and oxygen atoms in total. The molecule has 3 heterocycles. The van der Waals surface area contributed by atoms with E-state index in [4.69, 9.17) is 0 Å². The van der Waals surface area contributed by atoms with Crippen molar-refractivity contribution in [3.05, 3.63) is 72.4 Å². The van der Waals surface area contributed by atoms with Crippen molar-refractivity contribution in [1.29, 1.82) is 0 Å². The van der Waals surface area contributed by atoms with E-state index in [0.717, 1.165) is 36.8 Å². The minimum atomic E-state index is 0.321. The minimum absolute atomic E-state index is 0.321. The number of nitrogens with zero attached hydrogens (tertiary/aromatic N) is 4. The number of aryl methyl sites for hydroxylation is 1. The van der Waals surface area contributed by atoms with E-state index < -0.39 is 0 Å². The number of aromatic nitrogens is 3. The van der Waals surface area contributed by atoms with Crippen LogP contribution in [0.5, 0.6) is 0 Å². The molecule has 1 aromatic carbocycles. The Morgan fingerprint density at radius 1 is 1.08 bits per heavy atom. The summed E-state index contributed by atoms with van der Waals surface area (Å²) in [5.74, 6) is 2.08. The van der Waals surface area contributed by atoms with Crippen molar-refractivity contribution in [2.75, 3.05) is 18.0 Å². The smallest absolute Gasteiger partial charge is 0.128 e.